The Bertz CT molecular complexity index is 998. The predicted molar refractivity (Wildman–Crippen MR) is 108 cm³/mol. The summed E-state index contributed by atoms with van der Waals surface area (Å²) >= 11 is 0. The fraction of sp³-hybridized carbons (Fsp3) is 0.167. The molecule has 0 fully saturated rings. The van der Waals surface area contributed by atoms with Gasteiger partial charge < -0.3 is 9.47 Å². The van der Waals surface area contributed by atoms with E-state index in [2.05, 4.69) is 6.58 Å². The number of rotatable bonds is 8. The average Bonchev–Trinajstić information content (AvgIpc) is 2.72. The molecular weight excluding hydrogens is 377 g/mol. The molecule has 0 saturated carbocycles. The van der Waals surface area contributed by atoms with Crippen LogP contribution in [-0.2, 0) is 6.61 Å². The maximum absolute atomic E-state index is 14.4. The van der Waals surface area contributed by atoms with Crippen LogP contribution in [0, 0.1) is 24.4 Å². The first kappa shape index (κ1) is 20.5. The molecule has 5 heteroatoms. The highest BCUT2D eigenvalue weighted by atomic mass is 19.2. The lowest BCUT2D eigenvalue weighted by atomic mass is 10.0. The minimum absolute atomic E-state index is 0.0677. The molecule has 29 heavy (non-hydrogen) atoms. The largest absolute Gasteiger partial charge is 0.493 e. The van der Waals surface area contributed by atoms with Gasteiger partial charge in [0.05, 0.1) is 6.61 Å². The van der Waals surface area contributed by atoms with Crippen molar-refractivity contribution in [2.75, 3.05) is 6.61 Å². The average molecular weight is 398 g/mol. The van der Waals surface area contributed by atoms with E-state index in [1.165, 1.54) is 25.1 Å². The van der Waals surface area contributed by atoms with Crippen LogP contribution in [0.3, 0.4) is 0 Å². The number of benzene rings is 3. The smallest absolute Gasteiger partial charge is 0.200 e. The molecule has 0 radical (unpaired) electrons. The zero-order valence-electron chi connectivity index (χ0n) is 16.1. The van der Waals surface area contributed by atoms with Gasteiger partial charge in [-0.25, -0.2) is 8.78 Å². The second-order valence-corrected chi connectivity index (χ2v) is 6.56. The van der Waals surface area contributed by atoms with E-state index in [4.69, 9.17) is 9.47 Å². The number of ether oxygens (including phenoxy) is 2. The summed E-state index contributed by atoms with van der Waals surface area (Å²) in [4.78, 5) is 0. The Labute approximate surface area is 168 Å². The van der Waals surface area contributed by atoms with Gasteiger partial charge in [-0.1, -0.05) is 36.4 Å². The molecule has 3 aromatic rings. The SMILES string of the molecule is C=CCCOc1ccc(-c2ccc(COc3ccc(C)c(F)c3F)cc2)c(F)c1. The third kappa shape index (κ3) is 4.99. The topological polar surface area (TPSA) is 18.5 Å². The van der Waals surface area contributed by atoms with Gasteiger partial charge in [0.1, 0.15) is 18.2 Å². The lowest BCUT2D eigenvalue weighted by Gasteiger charge is -2.10. The number of aryl methyl sites for hydroxylation is 1. The van der Waals surface area contributed by atoms with Gasteiger partial charge in [0.25, 0.3) is 0 Å². The molecule has 0 atom stereocenters. The Morgan fingerprint density at radius 2 is 1.66 bits per heavy atom. The highest BCUT2D eigenvalue weighted by Gasteiger charge is 2.12. The van der Waals surface area contributed by atoms with E-state index < -0.39 is 11.6 Å². The summed E-state index contributed by atoms with van der Waals surface area (Å²) in [6, 6.07) is 14.6. The maximum atomic E-state index is 14.4. The van der Waals surface area contributed by atoms with Crippen molar-refractivity contribution in [2.45, 2.75) is 20.0 Å². The Hall–Kier alpha value is -3.21. The number of hydrogen-bond donors (Lipinski definition) is 0. The lowest BCUT2D eigenvalue weighted by molar-refractivity contribution is 0.284. The van der Waals surface area contributed by atoms with Gasteiger partial charge >= 0.3 is 0 Å². The van der Waals surface area contributed by atoms with Crippen LogP contribution >= 0.6 is 0 Å². The second-order valence-electron chi connectivity index (χ2n) is 6.56. The fourth-order valence-electron chi connectivity index (χ4n) is 2.76. The third-order valence-electron chi connectivity index (χ3n) is 4.43. The lowest BCUT2D eigenvalue weighted by Crippen LogP contribution is -2.00. The molecule has 2 nitrogen and oxygen atoms in total. The summed E-state index contributed by atoms with van der Waals surface area (Å²) in [5.41, 5.74) is 2.11. The van der Waals surface area contributed by atoms with Crippen LogP contribution in [0.5, 0.6) is 11.5 Å². The van der Waals surface area contributed by atoms with Crippen molar-refractivity contribution in [3.8, 4) is 22.6 Å². The Morgan fingerprint density at radius 1 is 0.897 bits per heavy atom. The van der Waals surface area contributed by atoms with Crippen molar-refractivity contribution in [3.63, 3.8) is 0 Å². The minimum atomic E-state index is -1.00. The van der Waals surface area contributed by atoms with E-state index in [1.54, 1.807) is 42.5 Å². The van der Waals surface area contributed by atoms with Crippen LogP contribution < -0.4 is 9.47 Å². The first-order valence-corrected chi connectivity index (χ1v) is 9.19. The van der Waals surface area contributed by atoms with Crippen molar-refractivity contribution in [3.05, 3.63) is 95.8 Å². The highest BCUT2D eigenvalue weighted by molar-refractivity contribution is 5.65. The monoisotopic (exact) mass is 398 g/mol. The molecule has 3 rings (SSSR count). The van der Waals surface area contributed by atoms with Gasteiger partial charge in [-0.2, -0.15) is 4.39 Å². The maximum Gasteiger partial charge on any atom is 0.200 e. The summed E-state index contributed by atoms with van der Waals surface area (Å²) in [5, 5.41) is 0. The molecule has 0 aliphatic carbocycles. The van der Waals surface area contributed by atoms with Crippen LogP contribution in [0.4, 0.5) is 13.2 Å². The molecule has 0 spiro atoms. The number of hydrogen-bond acceptors (Lipinski definition) is 2. The van der Waals surface area contributed by atoms with E-state index in [0.29, 0.717) is 29.9 Å². The third-order valence-corrected chi connectivity index (χ3v) is 4.43. The molecule has 0 N–H and O–H groups in total. The summed E-state index contributed by atoms with van der Waals surface area (Å²) in [6.07, 6.45) is 2.42. The van der Waals surface area contributed by atoms with Crippen LogP contribution in [0.1, 0.15) is 17.5 Å². The van der Waals surface area contributed by atoms with E-state index in [-0.39, 0.29) is 23.7 Å². The predicted octanol–water partition coefficient (Wildman–Crippen LogP) is 6.61. The van der Waals surface area contributed by atoms with Crippen LogP contribution in [0.15, 0.2) is 67.3 Å². The van der Waals surface area contributed by atoms with E-state index in [9.17, 15) is 13.2 Å². The molecule has 0 unspecified atom stereocenters. The van der Waals surface area contributed by atoms with E-state index in [0.717, 1.165) is 5.56 Å². The minimum Gasteiger partial charge on any atom is -0.493 e. The first-order chi connectivity index (χ1) is 14.0. The summed E-state index contributed by atoms with van der Waals surface area (Å²) in [6.45, 7) is 5.61. The molecule has 0 bridgehead atoms. The molecule has 150 valence electrons. The fourth-order valence-corrected chi connectivity index (χ4v) is 2.76. The number of halogens is 3. The molecule has 0 aliphatic rings. The summed E-state index contributed by atoms with van der Waals surface area (Å²) in [5.74, 6) is -1.98. The van der Waals surface area contributed by atoms with Gasteiger partial charge in [-0.05, 0) is 48.2 Å². The van der Waals surface area contributed by atoms with Crippen molar-refractivity contribution in [1.82, 2.24) is 0 Å². The second kappa shape index (κ2) is 9.32. The molecule has 0 amide bonds. The van der Waals surface area contributed by atoms with Gasteiger partial charge in [0.15, 0.2) is 11.6 Å². The molecule has 3 aromatic carbocycles. The zero-order valence-corrected chi connectivity index (χ0v) is 16.1. The Balaban J connectivity index is 1.67. The molecule has 0 aromatic heterocycles. The van der Waals surface area contributed by atoms with Crippen LogP contribution in [0.2, 0.25) is 0 Å². The van der Waals surface area contributed by atoms with Crippen LogP contribution in [-0.4, -0.2) is 6.61 Å². The first-order valence-electron chi connectivity index (χ1n) is 9.19. The van der Waals surface area contributed by atoms with Crippen molar-refractivity contribution < 1.29 is 22.6 Å². The van der Waals surface area contributed by atoms with E-state index >= 15 is 0 Å². The molecular formula is C24H21F3O2. The quantitative estimate of drug-likeness (QED) is 0.314. The summed E-state index contributed by atoms with van der Waals surface area (Å²) < 4.78 is 52.7. The zero-order chi connectivity index (χ0) is 20.8. The standard InChI is InChI=1S/C24H21F3O2/c1-3-4-13-28-19-10-11-20(21(25)14-19)18-8-6-17(7-9-18)15-29-22-12-5-16(2)23(26)24(22)27/h3,5-12,14H,1,4,13,15H2,2H3. The normalized spacial score (nSPS) is 10.6. The van der Waals surface area contributed by atoms with Gasteiger partial charge in [-0.15, -0.1) is 6.58 Å². The van der Waals surface area contributed by atoms with Gasteiger partial charge in [-0.3, -0.25) is 0 Å². The highest BCUT2D eigenvalue weighted by Crippen LogP contribution is 2.27. The van der Waals surface area contributed by atoms with Crippen molar-refractivity contribution in [2.24, 2.45) is 0 Å². The van der Waals surface area contributed by atoms with Crippen molar-refractivity contribution in [1.29, 1.82) is 0 Å². The van der Waals surface area contributed by atoms with Gasteiger partial charge in [0.2, 0.25) is 5.82 Å². The van der Waals surface area contributed by atoms with E-state index in [1.807, 2.05) is 0 Å². The molecule has 0 heterocycles. The molecule has 0 aliphatic heterocycles. The van der Waals surface area contributed by atoms with Gasteiger partial charge in [0, 0.05) is 11.6 Å². The van der Waals surface area contributed by atoms with Crippen molar-refractivity contribution >= 4 is 0 Å². The van der Waals surface area contributed by atoms with Crippen LogP contribution in [0.25, 0.3) is 11.1 Å². The molecule has 0 saturated heterocycles. The summed E-state index contributed by atoms with van der Waals surface area (Å²) in [7, 11) is 0. The Kier molecular flexibility index (Phi) is 6.60. The Morgan fingerprint density at radius 3 is 2.34 bits per heavy atom.